The fraction of sp³-hybridized carbons (Fsp3) is 0.300. The summed E-state index contributed by atoms with van der Waals surface area (Å²) in [6, 6.07) is 12.5. The van der Waals surface area contributed by atoms with Gasteiger partial charge in [-0.25, -0.2) is 4.90 Å². The summed E-state index contributed by atoms with van der Waals surface area (Å²) in [5.74, 6) is 0.0624. The van der Waals surface area contributed by atoms with E-state index in [2.05, 4.69) is 5.32 Å². The van der Waals surface area contributed by atoms with Crippen LogP contribution in [0.1, 0.15) is 24.5 Å². The molecule has 2 aromatic rings. The molecule has 5 nitrogen and oxygen atoms in total. The van der Waals surface area contributed by atoms with E-state index in [-0.39, 0.29) is 18.2 Å². The molecule has 0 aliphatic carbocycles. The summed E-state index contributed by atoms with van der Waals surface area (Å²) in [6.07, 6.45) is 0.131. The Bertz CT molecular complexity index is 816. The molecule has 2 amide bonds. The third kappa shape index (κ3) is 3.36. The zero-order valence-electron chi connectivity index (χ0n) is 14.7. The first-order valence-electron chi connectivity index (χ1n) is 8.43. The van der Waals surface area contributed by atoms with Crippen molar-refractivity contribution in [2.24, 2.45) is 0 Å². The van der Waals surface area contributed by atoms with Crippen LogP contribution in [0, 0.1) is 13.8 Å². The molecule has 1 saturated heterocycles. The van der Waals surface area contributed by atoms with E-state index < -0.39 is 6.04 Å². The average molecular weight is 338 g/mol. The van der Waals surface area contributed by atoms with Crippen LogP contribution >= 0.6 is 0 Å². The van der Waals surface area contributed by atoms with Crippen LogP contribution in [0.4, 0.5) is 11.4 Å². The number of imide groups is 1. The summed E-state index contributed by atoms with van der Waals surface area (Å²) in [5.41, 5.74) is 3.67. The summed E-state index contributed by atoms with van der Waals surface area (Å²) in [5, 5.41) is 3.19. The van der Waals surface area contributed by atoms with Crippen molar-refractivity contribution in [3.63, 3.8) is 0 Å². The number of nitrogens with one attached hydrogen (secondary N) is 1. The Hall–Kier alpha value is -2.82. The number of anilines is 2. The molecule has 1 heterocycles. The number of rotatable bonds is 5. The number of amides is 2. The fourth-order valence-electron chi connectivity index (χ4n) is 2.95. The standard InChI is InChI=1S/C20H22N2O3/c1-4-25-18-8-6-5-7-17(18)22-19(23)12-16(20(22)24)21-15-10-9-13(2)14(3)11-15/h5-11,16,21H,4,12H2,1-3H3/t16-/m1/s1. The van der Waals surface area contributed by atoms with Gasteiger partial charge in [-0.1, -0.05) is 18.2 Å². The highest BCUT2D eigenvalue weighted by Crippen LogP contribution is 2.33. The summed E-state index contributed by atoms with van der Waals surface area (Å²) in [7, 11) is 0. The Morgan fingerprint density at radius 1 is 1.12 bits per heavy atom. The molecule has 1 N–H and O–H groups in total. The summed E-state index contributed by atoms with van der Waals surface area (Å²) in [6.45, 7) is 6.40. The Morgan fingerprint density at radius 3 is 2.60 bits per heavy atom. The lowest BCUT2D eigenvalue weighted by atomic mass is 10.1. The zero-order valence-corrected chi connectivity index (χ0v) is 14.7. The topological polar surface area (TPSA) is 58.6 Å². The largest absolute Gasteiger partial charge is 0.492 e. The molecule has 0 aromatic heterocycles. The Labute approximate surface area is 147 Å². The third-order valence-corrected chi connectivity index (χ3v) is 4.40. The number of benzene rings is 2. The molecule has 2 aromatic carbocycles. The van der Waals surface area contributed by atoms with Gasteiger partial charge in [-0.05, 0) is 56.2 Å². The van der Waals surface area contributed by atoms with Crippen LogP contribution in [0.25, 0.3) is 0 Å². The van der Waals surface area contributed by atoms with Crippen molar-refractivity contribution in [3.8, 4) is 5.75 Å². The minimum Gasteiger partial charge on any atom is -0.492 e. The van der Waals surface area contributed by atoms with Gasteiger partial charge in [0.25, 0.3) is 5.91 Å². The van der Waals surface area contributed by atoms with E-state index in [1.165, 1.54) is 10.5 Å². The molecule has 1 fully saturated rings. The molecule has 5 heteroatoms. The second-order valence-corrected chi connectivity index (χ2v) is 6.17. The fourth-order valence-corrected chi connectivity index (χ4v) is 2.95. The van der Waals surface area contributed by atoms with Crippen molar-refractivity contribution in [2.45, 2.75) is 33.2 Å². The number of ether oxygens (including phenoxy) is 1. The second-order valence-electron chi connectivity index (χ2n) is 6.17. The number of carbonyl (C=O) groups excluding carboxylic acids is 2. The Balaban J connectivity index is 1.84. The number of hydrogen-bond donors (Lipinski definition) is 1. The number of carbonyl (C=O) groups is 2. The van der Waals surface area contributed by atoms with Gasteiger partial charge in [-0.15, -0.1) is 0 Å². The molecule has 0 unspecified atom stereocenters. The summed E-state index contributed by atoms with van der Waals surface area (Å²) < 4.78 is 5.56. The molecule has 3 rings (SSSR count). The van der Waals surface area contributed by atoms with Crippen molar-refractivity contribution in [3.05, 3.63) is 53.6 Å². The van der Waals surface area contributed by atoms with Gasteiger partial charge < -0.3 is 10.1 Å². The van der Waals surface area contributed by atoms with Crippen LogP contribution in [0.15, 0.2) is 42.5 Å². The van der Waals surface area contributed by atoms with Crippen LogP contribution < -0.4 is 15.0 Å². The summed E-state index contributed by atoms with van der Waals surface area (Å²) in [4.78, 5) is 26.5. The zero-order chi connectivity index (χ0) is 18.0. The number of aryl methyl sites for hydroxylation is 2. The first-order valence-corrected chi connectivity index (χ1v) is 8.43. The molecule has 1 atom stereocenters. The average Bonchev–Trinajstić information content (AvgIpc) is 2.86. The van der Waals surface area contributed by atoms with E-state index in [4.69, 9.17) is 4.74 Å². The van der Waals surface area contributed by atoms with E-state index in [1.54, 1.807) is 18.2 Å². The normalized spacial score (nSPS) is 17.1. The van der Waals surface area contributed by atoms with Crippen LogP contribution in [-0.4, -0.2) is 24.5 Å². The molecule has 0 saturated carbocycles. The minimum absolute atomic E-state index is 0.131. The van der Waals surface area contributed by atoms with E-state index in [9.17, 15) is 9.59 Å². The lowest BCUT2D eigenvalue weighted by Gasteiger charge is -2.19. The molecule has 0 radical (unpaired) electrons. The highest BCUT2D eigenvalue weighted by Gasteiger charge is 2.40. The maximum Gasteiger partial charge on any atom is 0.256 e. The molecule has 25 heavy (non-hydrogen) atoms. The summed E-state index contributed by atoms with van der Waals surface area (Å²) >= 11 is 0. The highest BCUT2D eigenvalue weighted by atomic mass is 16.5. The van der Waals surface area contributed by atoms with E-state index >= 15 is 0 Å². The molecule has 1 aliphatic heterocycles. The van der Waals surface area contributed by atoms with Gasteiger partial charge in [-0.3, -0.25) is 9.59 Å². The van der Waals surface area contributed by atoms with Crippen LogP contribution in [0.3, 0.4) is 0 Å². The number of hydrogen-bond acceptors (Lipinski definition) is 4. The van der Waals surface area contributed by atoms with Gasteiger partial charge >= 0.3 is 0 Å². The van der Waals surface area contributed by atoms with Gasteiger partial charge in [0.05, 0.1) is 18.7 Å². The van der Waals surface area contributed by atoms with E-state index in [0.29, 0.717) is 18.0 Å². The van der Waals surface area contributed by atoms with Crippen molar-refractivity contribution >= 4 is 23.2 Å². The lowest BCUT2D eigenvalue weighted by molar-refractivity contribution is -0.121. The van der Waals surface area contributed by atoms with Gasteiger partial charge in [0.15, 0.2) is 0 Å². The van der Waals surface area contributed by atoms with Crippen LogP contribution in [0.2, 0.25) is 0 Å². The van der Waals surface area contributed by atoms with Crippen molar-refractivity contribution in [1.29, 1.82) is 0 Å². The van der Waals surface area contributed by atoms with E-state index in [1.807, 2.05) is 45.0 Å². The predicted molar refractivity (Wildman–Crippen MR) is 98.0 cm³/mol. The molecule has 1 aliphatic rings. The van der Waals surface area contributed by atoms with Crippen LogP contribution in [-0.2, 0) is 9.59 Å². The first-order chi connectivity index (χ1) is 12.0. The van der Waals surface area contributed by atoms with Crippen molar-refractivity contribution < 1.29 is 14.3 Å². The van der Waals surface area contributed by atoms with Gasteiger partial charge in [0, 0.05) is 5.69 Å². The Kier molecular flexibility index (Phi) is 4.74. The number of nitrogens with zero attached hydrogens (tertiary/aromatic N) is 1. The molecule has 130 valence electrons. The maximum atomic E-state index is 12.8. The lowest BCUT2D eigenvalue weighted by Crippen LogP contribution is -2.35. The van der Waals surface area contributed by atoms with Crippen molar-refractivity contribution in [2.75, 3.05) is 16.8 Å². The van der Waals surface area contributed by atoms with Crippen molar-refractivity contribution in [1.82, 2.24) is 0 Å². The maximum absolute atomic E-state index is 12.8. The SMILES string of the molecule is CCOc1ccccc1N1C(=O)C[C@@H](Nc2ccc(C)c(C)c2)C1=O. The second kappa shape index (κ2) is 6.97. The first kappa shape index (κ1) is 17.0. The molecular weight excluding hydrogens is 316 g/mol. The van der Waals surface area contributed by atoms with Gasteiger partial charge in [-0.2, -0.15) is 0 Å². The quantitative estimate of drug-likeness (QED) is 0.849. The predicted octanol–water partition coefficient (Wildman–Crippen LogP) is 3.45. The number of para-hydroxylation sites is 2. The monoisotopic (exact) mass is 338 g/mol. The smallest absolute Gasteiger partial charge is 0.256 e. The minimum atomic E-state index is -0.565. The van der Waals surface area contributed by atoms with Crippen LogP contribution in [0.5, 0.6) is 5.75 Å². The van der Waals surface area contributed by atoms with Gasteiger partial charge in [0.2, 0.25) is 5.91 Å². The molecule has 0 bridgehead atoms. The Morgan fingerprint density at radius 2 is 1.88 bits per heavy atom. The third-order valence-electron chi connectivity index (χ3n) is 4.40. The molecule has 0 spiro atoms. The van der Waals surface area contributed by atoms with E-state index in [0.717, 1.165) is 11.3 Å². The highest BCUT2D eigenvalue weighted by molar-refractivity contribution is 6.23. The van der Waals surface area contributed by atoms with Gasteiger partial charge in [0.1, 0.15) is 11.8 Å². The molecular formula is C20H22N2O3.